The second-order valence-corrected chi connectivity index (χ2v) is 7.97. The lowest BCUT2D eigenvalue weighted by Gasteiger charge is -2.28. The summed E-state index contributed by atoms with van der Waals surface area (Å²) in [5.74, 6) is 1.22. The highest BCUT2D eigenvalue weighted by Crippen LogP contribution is 2.22. The van der Waals surface area contributed by atoms with E-state index in [1.807, 2.05) is 29.2 Å². The van der Waals surface area contributed by atoms with Crippen LogP contribution in [-0.2, 0) is 31.8 Å². The van der Waals surface area contributed by atoms with E-state index in [-0.39, 0.29) is 18.7 Å². The van der Waals surface area contributed by atoms with Gasteiger partial charge in [-0.1, -0.05) is 19.1 Å². The first-order chi connectivity index (χ1) is 15.4. The average molecular weight is 444 g/mol. The minimum absolute atomic E-state index is 0.0570. The quantitative estimate of drug-likeness (QED) is 0.559. The van der Waals surface area contributed by atoms with Crippen molar-refractivity contribution in [3.05, 3.63) is 50.7 Å². The fourth-order valence-corrected chi connectivity index (χ4v) is 3.92. The Hall–Kier alpha value is -3.11. The van der Waals surface area contributed by atoms with E-state index < -0.39 is 17.4 Å². The summed E-state index contributed by atoms with van der Waals surface area (Å²) in [4.78, 5) is 32.0. The van der Waals surface area contributed by atoms with Crippen molar-refractivity contribution in [3.63, 3.8) is 0 Å². The molecule has 0 radical (unpaired) electrons. The first-order valence-corrected chi connectivity index (χ1v) is 10.8. The number of fused-ring (bicyclic) bond motifs is 1. The van der Waals surface area contributed by atoms with Crippen molar-refractivity contribution in [2.24, 2.45) is 14.1 Å². The topological polar surface area (TPSA) is 104 Å². The predicted octanol–water partition coefficient (Wildman–Crippen LogP) is 0.273. The molecule has 1 atom stereocenters. The number of benzene rings is 1. The SMILES string of the molecule is CCc1cccc(OC[C@H](O)Cn2c(N3CCOCC3)nc3c2c(=O)n(C)c(=O)n3C)c1. The number of hydrogen-bond acceptors (Lipinski definition) is 7. The molecule has 0 amide bonds. The third-order valence-electron chi connectivity index (χ3n) is 5.76. The molecule has 1 aromatic carbocycles. The molecule has 2 aromatic heterocycles. The molecule has 4 rings (SSSR count). The van der Waals surface area contributed by atoms with E-state index >= 15 is 0 Å². The van der Waals surface area contributed by atoms with Crippen LogP contribution in [0.5, 0.6) is 5.75 Å². The van der Waals surface area contributed by atoms with Crippen LogP contribution >= 0.6 is 0 Å². The number of aromatic nitrogens is 4. The number of aliphatic hydroxyl groups is 1. The fourth-order valence-electron chi connectivity index (χ4n) is 3.92. The standard InChI is InChI=1S/C22H29N5O5/c1-4-15-6-5-7-17(12-15)32-14-16(28)13-27-18-19(24(2)22(30)25(3)20(18)29)23-21(27)26-8-10-31-11-9-26/h5-7,12,16,28H,4,8-11,13-14H2,1-3H3/t16-/m1/s1. The van der Waals surface area contributed by atoms with Crippen molar-refractivity contribution in [1.29, 1.82) is 0 Å². The number of hydrogen-bond donors (Lipinski definition) is 1. The maximum Gasteiger partial charge on any atom is 0.332 e. The Kier molecular flexibility index (Phi) is 6.33. The Morgan fingerprint density at radius 3 is 2.66 bits per heavy atom. The van der Waals surface area contributed by atoms with Crippen molar-refractivity contribution < 1.29 is 14.6 Å². The second kappa shape index (κ2) is 9.17. The van der Waals surface area contributed by atoms with Gasteiger partial charge in [0, 0.05) is 27.2 Å². The van der Waals surface area contributed by atoms with Crippen LogP contribution in [0.1, 0.15) is 12.5 Å². The molecule has 1 fully saturated rings. The first-order valence-electron chi connectivity index (χ1n) is 10.8. The van der Waals surface area contributed by atoms with Gasteiger partial charge in [0.25, 0.3) is 5.56 Å². The van der Waals surface area contributed by atoms with Gasteiger partial charge in [0.05, 0.1) is 19.8 Å². The predicted molar refractivity (Wildman–Crippen MR) is 121 cm³/mol. The summed E-state index contributed by atoms with van der Waals surface area (Å²) in [6.07, 6.45) is 0.00512. The number of aliphatic hydroxyl groups excluding tert-OH is 1. The van der Waals surface area contributed by atoms with Gasteiger partial charge in [0.1, 0.15) is 18.5 Å². The van der Waals surface area contributed by atoms with Gasteiger partial charge in [-0.25, -0.2) is 4.79 Å². The molecule has 0 bridgehead atoms. The molecule has 0 aliphatic carbocycles. The highest BCUT2D eigenvalue weighted by molar-refractivity contribution is 5.74. The van der Waals surface area contributed by atoms with Crippen LogP contribution in [0.2, 0.25) is 0 Å². The summed E-state index contributed by atoms with van der Waals surface area (Å²) in [6.45, 7) is 4.52. The van der Waals surface area contributed by atoms with Gasteiger partial charge in [-0.2, -0.15) is 4.98 Å². The van der Waals surface area contributed by atoms with Gasteiger partial charge in [0.2, 0.25) is 5.95 Å². The van der Waals surface area contributed by atoms with Gasteiger partial charge in [-0.05, 0) is 24.1 Å². The summed E-state index contributed by atoms with van der Waals surface area (Å²) in [6, 6.07) is 7.74. The molecule has 0 unspecified atom stereocenters. The van der Waals surface area contributed by atoms with E-state index in [9.17, 15) is 14.7 Å². The molecule has 3 aromatic rings. The number of anilines is 1. The van der Waals surface area contributed by atoms with E-state index in [2.05, 4.69) is 11.9 Å². The molecule has 172 valence electrons. The summed E-state index contributed by atoms with van der Waals surface area (Å²) in [7, 11) is 3.03. The Morgan fingerprint density at radius 1 is 1.19 bits per heavy atom. The van der Waals surface area contributed by atoms with Gasteiger partial charge in [-0.3, -0.25) is 13.9 Å². The maximum atomic E-state index is 13.0. The number of morpholine rings is 1. The Labute approximate surface area is 185 Å². The number of ether oxygens (including phenoxy) is 2. The number of nitrogens with zero attached hydrogens (tertiary/aromatic N) is 5. The van der Waals surface area contributed by atoms with Gasteiger partial charge < -0.3 is 24.0 Å². The molecule has 1 saturated heterocycles. The second-order valence-electron chi connectivity index (χ2n) is 7.97. The van der Waals surface area contributed by atoms with Crippen LogP contribution in [0, 0.1) is 0 Å². The number of rotatable bonds is 7. The zero-order valence-corrected chi connectivity index (χ0v) is 18.7. The lowest BCUT2D eigenvalue weighted by atomic mass is 10.2. The van der Waals surface area contributed by atoms with Gasteiger partial charge >= 0.3 is 5.69 Å². The Balaban J connectivity index is 1.67. The summed E-state index contributed by atoms with van der Waals surface area (Å²) in [5, 5.41) is 10.8. The largest absolute Gasteiger partial charge is 0.491 e. The van der Waals surface area contributed by atoms with Crippen LogP contribution < -0.4 is 20.9 Å². The fraction of sp³-hybridized carbons (Fsp3) is 0.500. The van der Waals surface area contributed by atoms with Crippen LogP contribution in [0.15, 0.2) is 33.9 Å². The highest BCUT2D eigenvalue weighted by Gasteiger charge is 2.25. The molecule has 10 nitrogen and oxygen atoms in total. The van der Waals surface area contributed by atoms with E-state index in [0.29, 0.717) is 43.6 Å². The Morgan fingerprint density at radius 2 is 1.94 bits per heavy atom. The van der Waals surface area contributed by atoms with Crippen molar-refractivity contribution in [2.45, 2.75) is 26.0 Å². The molecule has 32 heavy (non-hydrogen) atoms. The molecule has 1 N–H and O–H groups in total. The zero-order valence-electron chi connectivity index (χ0n) is 18.7. The lowest BCUT2D eigenvalue weighted by molar-refractivity contribution is 0.0927. The minimum atomic E-state index is -0.889. The van der Waals surface area contributed by atoms with Gasteiger partial charge in [-0.15, -0.1) is 0 Å². The third-order valence-corrected chi connectivity index (χ3v) is 5.76. The van der Waals surface area contributed by atoms with Crippen LogP contribution in [-0.4, -0.2) is 62.8 Å². The van der Waals surface area contributed by atoms with E-state index in [1.54, 1.807) is 11.6 Å². The van der Waals surface area contributed by atoms with Crippen LogP contribution in [0.3, 0.4) is 0 Å². The van der Waals surface area contributed by atoms with E-state index in [4.69, 9.17) is 9.47 Å². The summed E-state index contributed by atoms with van der Waals surface area (Å²) in [5.41, 5.74) is 0.835. The molecule has 1 aliphatic heterocycles. The van der Waals surface area contributed by atoms with Crippen LogP contribution in [0.25, 0.3) is 11.2 Å². The number of imidazole rings is 1. The number of aryl methyl sites for hydroxylation is 2. The van der Waals surface area contributed by atoms with E-state index in [0.717, 1.165) is 16.6 Å². The van der Waals surface area contributed by atoms with Crippen molar-refractivity contribution in [2.75, 3.05) is 37.8 Å². The normalized spacial score (nSPS) is 15.3. The molecule has 0 spiro atoms. The minimum Gasteiger partial charge on any atom is -0.491 e. The zero-order chi connectivity index (χ0) is 22.8. The Bertz CT molecular complexity index is 1220. The maximum absolute atomic E-state index is 13.0. The van der Waals surface area contributed by atoms with Crippen molar-refractivity contribution in [3.8, 4) is 5.75 Å². The highest BCUT2D eigenvalue weighted by atomic mass is 16.5. The first kappa shape index (κ1) is 22.1. The third kappa shape index (κ3) is 4.15. The van der Waals surface area contributed by atoms with Crippen molar-refractivity contribution >= 4 is 17.1 Å². The smallest absolute Gasteiger partial charge is 0.332 e. The van der Waals surface area contributed by atoms with Crippen LogP contribution in [0.4, 0.5) is 5.95 Å². The lowest BCUT2D eigenvalue weighted by Crippen LogP contribution is -2.39. The molecular weight excluding hydrogens is 414 g/mol. The summed E-state index contributed by atoms with van der Waals surface area (Å²) < 4.78 is 15.3. The monoisotopic (exact) mass is 443 g/mol. The molecule has 0 saturated carbocycles. The van der Waals surface area contributed by atoms with E-state index in [1.165, 1.54) is 11.6 Å². The molecular formula is C22H29N5O5. The molecule has 10 heteroatoms. The summed E-state index contributed by atoms with van der Waals surface area (Å²) >= 11 is 0. The molecule has 3 heterocycles. The average Bonchev–Trinajstić information content (AvgIpc) is 3.20. The molecule has 1 aliphatic rings. The van der Waals surface area contributed by atoms with Crippen molar-refractivity contribution in [1.82, 2.24) is 18.7 Å². The van der Waals surface area contributed by atoms with Gasteiger partial charge in [0.15, 0.2) is 11.2 Å².